The third kappa shape index (κ3) is 7.16. The maximum absolute atomic E-state index is 12.3. The van der Waals surface area contributed by atoms with Crippen LogP contribution in [0.3, 0.4) is 0 Å². The molecule has 6 rings (SSSR count). The fourth-order valence-electron chi connectivity index (χ4n) is 13.4. The van der Waals surface area contributed by atoms with Crippen molar-refractivity contribution in [3.63, 3.8) is 0 Å². The molecule has 0 bridgehead atoms. The molecule has 0 aromatic carbocycles. The molecule has 56 heavy (non-hydrogen) atoms. The van der Waals surface area contributed by atoms with Crippen molar-refractivity contribution in [2.75, 3.05) is 13.2 Å². The van der Waals surface area contributed by atoms with Crippen molar-refractivity contribution in [1.82, 2.24) is 0 Å². The van der Waals surface area contributed by atoms with Crippen LogP contribution in [-0.2, 0) is 18.9 Å². The lowest BCUT2D eigenvalue weighted by Gasteiger charge is -2.72. The van der Waals surface area contributed by atoms with Crippen LogP contribution in [0.5, 0.6) is 0 Å². The van der Waals surface area contributed by atoms with Crippen LogP contribution in [0.4, 0.5) is 0 Å². The van der Waals surface area contributed by atoms with Crippen molar-refractivity contribution in [2.45, 2.75) is 192 Å². The van der Waals surface area contributed by atoms with E-state index in [0.717, 1.165) is 19.3 Å². The Labute approximate surface area is 331 Å². The Morgan fingerprint density at radius 2 is 1.38 bits per heavy atom. The Morgan fingerprint density at radius 1 is 0.768 bits per heavy atom. The molecule has 6 aliphatic rings. The van der Waals surface area contributed by atoms with E-state index in [4.69, 9.17) is 18.9 Å². The first-order valence-corrected chi connectivity index (χ1v) is 21.0. The molecule has 14 heteroatoms. The zero-order valence-corrected chi connectivity index (χ0v) is 34.6. The number of allylic oxidation sites excluding steroid dienone is 2. The highest BCUT2D eigenvalue weighted by Gasteiger charge is 2.73. The second-order valence-electron chi connectivity index (χ2n) is 20.3. The van der Waals surface area contributed by atoms with Crippen LogP contribution in [0.2, 0.25) is 0 Å². The molecular formula is C42H72O14. The molecule has 2 heterocycles. The van der Waals surface area contributed by atoms with Gasteiger partial charge in [0.15, 0.2) is 12.6 Å². The average molecular weight is 801 g/mol. The molecule has 21 atom stereocenters. The highest BCUT2D eigenvalue weighted by atomic mass is 16.8. The third-order valence-corrected chi connectivity index (χ3v) is 16.5. The lowest BCUT2D eigenvalue weighted by atomic mass is 9.34. The highest BCUT2D eigenvalue weighted by molar-refractivity contribution is 5.22. The molecule has 10 N–H and O–H groups in total. The molecule has 2 saturated heterocycles. The Balaban J connectivity index is 1.38. The van der Waals surface area contributed by atoms with Gasteiger partial charge in [0.05, 0.1) is 37.1 Å². The van der Waals surface area contributed by atoms with Gasteiger partial charge in [0, 0.05) is 0 Å². The van der Waals surface area contributed by atoms with E-state index in [9.17, 15) is 51.1 Å². The number of aliphatic hydroxyl groups excluding tert-OH is 9. The molecule has 324 valence electrons. The van der Waals surface area contributed by atoms with Crippen LogP contribution in [0.1, 0.15) is 107 Å². The summed E-state index contributed by atoms with van der Waals surface area (Å²) in [5.74, 6) is -0.623. The zero-order valence-electron chi connectivity index (χ0n) is 34.6. The smallest absolute Gasteiger partial charge is 0.187 e. The predicted molar refractivity (Wildman–Crippen MR) is 202 cm³/mol. The van der Waals surface area contributed by atoms with Gasteiger partial charge in [-0.1, -0.05) is 46.3 Å². The second-order valence-corrected chi connectivity index (χ2v) is 20.3. The molecule has 0 spiro atoms. The van der Waals surface area contributed by atoms with E-state index in [1.54, 1.807) is 0 Å². The summed E-state index contributed by atoms with van der Waals surface area (Å²) >= 11 is 0. The summed E-state index contributed by atoms with van der Waals surface area (Å²) in [4.78, 5) is 0. The fourth-order valence-corrected chi connectivity index (χ4v) is 13.4. The Bertz CT molecular complexity index is 1400. The summed E-state index contributed by atoms with van der Waals surface area (Å²) < 4.78 is 24.9. The molecule has 4 aliphatic carbocycles. The van der Waals surface area contributed by atoms with E-state index in [2.05, 4.69) is 26.8 Å². The minimum absolute atomic E-state index is 0.0169. The first kappa shape index (κ1) is 44.7. The summed E-state index contributed by atoms with van der Waals surface area (Å²) in [6.45, 7) is 15.5. The van der Waals surface area contributed by atoms with Crippen LogP contribution in [-0.4, -0.2) is 150 Å². The van der Waals surface area contributed by atoms with E-state index in [-0.39, 0.29) is 23.7 Å². The molecule has 6 fully saturated rings. The highest BCUT2D eigenvalue weighted by Crippen LogP contribution is 2.76. The van der Waals surface area contributed by atoms with Crippen molar-refractivity contribution >= 4 is 0 Å². The van der Waals surface area contributed by atoms with Gasteiger partial charge in [0.2, 0.25) is 0 Å². The van der Waals surface area contributed by atoms with E-state index in [0.29, 0.717) is 32.1 Å². The van der Waals surface area contributed by atoms with Crippen molar-refractivity contribution in [1.29, 1.82) is 0 Å². The van der Waals surface area contributed by atoms with E-state index in [1.165, 1.54) is 5.57 Å². The van der Waals surface area contributed by atoms with Gasteiger partial charge in [-0.15, -0.1) is 0 Å². The number of hydrogen-bond acceptors (Lipinski definition) is 14. The van der Waals surface area contributed by atoms with Gasteiger partial charge in [0.25, 0.3) is 0 Å². The first-order chi connectivity index (χ1) is 26.0. The van der Waals surface area contributed by atoms with Gasteiger partial charge < -0.3 is 70.0 Å². The molecule has 1 unspecified atom stereocenters. The largest absolute Gasteiger partial charge is 0.394 e. The number of ether oxygens (including phenoxy) is 4. The van der Waals surface area contributed by atoms with Crippen LogP contribution in [0.25, 0.3) is 0 Å². The van der Waals surface area contributed by atoms with Gasteiger partial charge in [-0.2, -0.15) is 0 Å². The van der Waals surface area contributed by atoms with Crippen molar-refractivity contribution in [3.05, 3.63) is 11.6 Å². The number of rotatable bonds is 10. The Hall–Kier alpha value is -0.820. The topological polar surface area (TPSA) is 239 Å². The molecular weight excluding hydrogens is 728 g/mol. The van der Waals surface area contributed by atoms with Crippen LogP contribution >= 0.6 is 0 Å². The fraction of sp³-hybridized carbons (Fsp3) is 0.952. The van der Waals surface area contributed by atoms with Crippen LogP contribution in [0.15, 0.2) is 11.6 Å². The van der Waals surface area contributed by atoms with Crippen molar-refractivity contribution < 1.29 is 70.0 Å². The maximum atomic E-state index is 12.3. The van der Waals surface area contributed by atoms with E-state index in [1.807, 2.05) is 34.6 Å². The summed E-state index contributed by atoms with van der Waals surface area (Å²) in [6, 6.07) is 0. The quantitative estimate of drug-likeness (QED) is 0.110. The number of fused-ring (bicyclic) bond motifs is 5. The maximum Gasteiger partial charge on any atom is 0.187 e. The SMILES string of the molecule is CC(C)=CCC[C@](C)(O)[C@H]1CC[C@]2(C)[C@@H]1[C@H](O)C[C@@H]1[C@@]3(C)CC[C@H](O)C(C)(C)C3[C@@H](O[C@@H]3O[C@H](CO)[C@@H](O)[C@H](O)[C@H]3O[C@@H]3O[C@H](CO)[C@@H](O)[C@H](O)[C@H]3O)C[C@]12C. The summed E-state index contributed by atoms with van der Waals surface area (Å²) in [7, 11) is 0. The van der Waals surface area contributed by atoms with E-state index >= 15 is 0 Å². The monoisotopic (exact) mass is 800 g/mol. The Kier molecular flexibility index (Phi) is 12.7. The molecule has 0 radical (unpaired) electrons. The average Bonchev–Trinajstić information content (AvgIpc) is 3.51. The minimum Gasteiger partial charge on any atom is -0.394 e. The summed E-state index contributed by atoms with van der Waals surface area (Å²) in [6.07, 6.45) is -10.6. The summed E-state index contributed by atoms with van der Waals surface area (Å²) in [5.41, 5.74) is -1.85. The van der Waals surface area contributed by atoms with Crippen molar-refractivity contribution in [2.24, 2.45) is 45.3 Å². The van der Waals surface area contributed by atoms with Gasteiger partial charge in [-0.05, 0) is 117 Å². The standard InChI is InChI=1S/C42H72O14/c1-20(2)10-9-13-42(8,52)21-11-15-40(6)28(21)22(45)16-26-39(5)14-12-27(46)38(3,4)35(39)23(17-41(26,40)7)53-37-34(32(50)30(48)25(19-44)55-37)56-36-33(51)31(49)29(47)24(18-43)54-36/h10,21-37,43-52H,9,11-19H2,1-8H3/t21-,22+,23-,24+,25+,26+,27-,28-,29+,30+,31-,32-,33+,34+,35?,36-,37+,39+,40+,41+,42-/m0/s1. The molecule has 0 aromatic heterocycles. The first-order valence-electron chi connectivity index (χ1n) is 21.0. The third-order valence-electron chi connectivity index (χ3n) is 16.5. The van der Waals surface area contributed by atoms with Gasteiger partial charge in [-0.25, -0.2) is 0 Å². The normalized spacial score (nSPS) is 52.6. The number of aliphatic hydroxyl groups is 10. The molecule has 0 amide bonds. The van der Waals surface area contributed by atoms with Crippen LogP contribution < -0.4 is 0 Å². The predicted octanol–water partition coefficient (Wildman–Crippen LogP) is 1.12. The number of hydrogen-bond donors (Lipinski definition) is 10. The van der Waals surface area contributed by atoms with E-state index < -0.39 is 120 Å². The zero-order chi connectivity index (χ0) is 41.5. The second kappa shape index (κ2) is 15.9. The molecule has 2 aliphatic heterocycles. The van der Waals surface area contributed by atoms with Gasteiger partial charge >= 0.3 is 0 Å². The molecule has 0 aromatic rings. The lowest BCUT2D eigenvalue weighted by Crippen LogP contribution is -2.71. The lowest BCUT2D eigenvalue weighted by molar-refractivity contribution is -0.383. The molecule has 4 saturated carbocycles. The summed E-state index contributed by atoms with van der Waals surface area (Å²) in [5, 5.41) is 110. The van der Waals surface area contributed by atoms with Gasteiger partial charge in [0.1, 0.15) is 48.8 Å². The van der Waals surface area contributed by atoms with Gasteiger partial charge in [-0.3, -0.25) is 0 Å². The Morgan fingerprint density at radius 3 is 1.98 bits per heavy atom. The molecule has 14 nitrogen and oxygen atoms in total. The van der Waals surface area contributed by atoms with Crippen molar-refractivity contribution in [3.8, 4) is 0 Å². The minimum atomic E-state index is -1.81. The van der Waals surface area contributed by atoms with Crippen LogP contribution in [0, 0.1) is 45.3 Å².